The van der Waals surface area contributed by atoms with E-state index in [4.69, 9.17) is 23.2 Å². The molecule has 2 rings (SSSR count). The molecule has 1 nitrogen and oxygen atoms in total. The van der Waals surface area contributed by atoms with Gasteiger partial charge in [0.2, 0.25) is 0 Å². The minimum Gasteiger partial charge on any atom is -0.313 e. The Hall–Kier alpha value is -1.09. The summed E-state index contributed by atoms with van der Waals surface area (Å²) in [6.45, 7) is 1.96. The zero-order valence-corrected chi connectivity index (χ0v) is 12.9. The quantitative estimate of drug-likeness (QED) is 0.843. The molecule has 1 unspecified atom stereocenters. The highest BCUT2D eigenvalue weighted by Crippen LogP contribution is 2.29. The highest BCUT2D eigenvalue weighted by molar-refractivity contribution is 6.32. The van der Waals surface area contributed by atoms with Crippen molar-refractivity contribution in [2.45, 2.75) is 19.4 Å². The predicted octanol–water partition coefficient (Wildman–Crippen LogP) is 4.94. The van der Waals surface area contributed by atoms with Crippen molar-refractivity contribution in [2.75, 3.05) is 7.05 Å². The minimum absolute atomic E-state index is 0.0598. The maximum Gasteiger partial charge on any atom is 0.145 e. The molecule has 0 aliphatic rings. The van der Waals surface area contributed by atoms with Gasteiger partial charge in [-0.1, -0.05) is 53.5 Å². The molecular weight excluding hydrogens is 296 g/mol. The lowest BCUT2D eigenvalue weighted by atomic mass is 9.97. The van der Waals surface area contributed by atoms with E-state index in [1.807, 2.05) is 32.2 Å². The minimum atomic E-state index is -0.363. The average Bonchev–Trinajstić information content (AvgIpc) is 2.44. The molecule has 0 aliphatic heterocycles. The van der Waals surface area contributed by atoms with Crippen molar-refractivity contribution in [3.63, 3.8) is 0 Å². The Morgan fingerprint density at radius 1 is 1.15 bits per heavy atom. The molecule has 2 aromatic rings. The van der Waals surface area contributed by atoms with Crippen LogP contribution in [0.25, 0.3) is 0 Å². The standard InChI is InChI=1S/C16H16Cl2FN/c1-10-5-3-7-12(15(10)18)14(20-2)9-11-6-4-8-13(17)16(11)19/h3-8,14,20H,9H2,1-2H3. The molecule has 0 heterocycles. The number of nitrogens with one attached hydrogen (secondary N) is 1. The molecule has 0 saturated carbocycles. The number of hydrogen-bond donors (Lipinski definition) is 1. The highest BCUT2D eigenvalue weighted by atomic mass is 35.5. The van der Waals surface area contributed by atoms with E-state index in [1.165, 1.54) is 0 Å². The molecule has 1 N–H and O–H groups in total. The monoisotopic (exact) mass is 311 g/mol. The first-order valence-electron chi connectivity index (χ1n) is 6.39. The third-order valence-corrected chi connectivity index (χ3v) is 4.21. The Morgan fingerprint density at radius 2 is 1.85 bits per heavy atom. The van der Waals surface area contributed by atoms with Crippen molar-refractivity contribution in [2.24, 2.45) is 0 Å². The van der Waals surface area contributed by atoms with Gasteiger partial charge in [-0.3, -0.25) is 0 Å². The Bertz CT molecular complexity index is 613. The van der Waals surface area contributed by atoms with Crippen LogP contribution in [0.4, 0.5) is 4.39 Å². The smallest absolute Gasteiger partial charge is 0.145 e. The van der Waals surface area contributed by atoms with Crippen LogP contribution in [0.15, 0.2) is 36.4 Å². The Balaban J connectivity index is 2.34. The molecular formula is C16H16Cl2FN. The molecule has 4 heteroatoms. The maximum atomic E-state index is 14.0. The number of benzene rings is 2. The molecule has 0 amide bonds. The fourth-order valence-corrected chi connectivity index (χ4v) is 2.68. The third-order valence-electron chi connectivity index (χ3n) is 3.40. The van der Waals surface area contributed by atoms with E-state index in [0.29, 0.717) is 17.0 Å². The molecule has 0 aliphatic carbocycles. The fraction of sp³-hybridized carbons (Fsp3) is 0.250. The summed E-state index contributed by atoms with van der Waals surface area (Å²) in [5.41, 5.74) is 2.55. The van der Waals surface area contributed by atoms with Crippen LogP contribution < -0.4 is 5.32 Å². The van der Waals surface area contributed by atoms with Gasteiger partial charge in [0, 0.05) is 11.1 Å². The van der Waals surface area contributed by atoms with Gasteiger partial charge in [0.15, 0.2) is 0 Å². The number of rotatable bonds is 4. The van der Waals surface area contributed by atoms with Gasteiger partial charge in [0.05, 0.1) is 5.02 Å². The molecule has 0 fully saturated rings. The lowest BCUT2D eigenvalue weighted by Gasteiger charge is -2.19. The summed E-state index contributed by atoms with van der Waals surface area (Å²) in [6.07, 6.45) is 0.492. The lowest BCUT2D eigenvalue weighted by Crippen LogP contribution is -2.20. The summed E-state index contributed by atoms with van der Waals surface area (Å²) in [6, 6.07) is 10.9. The Labute approximate surface area is 128 Å². The zero-order chi connectivity index (χ0) is 14.7. The second-order valence-corrected chi connectivity index (χ2v) is 5.52. The number of likely N-dealkylation sites (N-methyl/N-ethyl adjacent to an activating group) is 1. The van der Waals surface area contributed by atoms with Gasteiger partial charge in [-0.15, -0.1) is 0 Å². The molecule has 106 valence electrons. The van der Waals surface area contributed by atoms with Gasteiger partial charge in [-0.25, -0.2) is 4.39 Å². The molecule has 0 radical (unpaired) electrons. The van der Waals surface area contributed by atoms with Crippen LogP contribution in [-0.2, 0) is 6.42 Å². The second-order valence-electron chi connectivity index (χ2n) is 4.74. The zero-order valence-electron chi connectivity index (χ0n) is 11.4. The average molecular weight is 312 g/mol. The third kappa shape index (κ3) is 3.14. The van der Waals surface area contributed by atoms with Crippen molar-refractivity contribution >= 4 is 23.2 Å². The molecule has 20 heavy (non-hydrogen) atoms. The second kappa shape index (κ2) is 6.57. The number of halogens is 3. The SMILES string of the molecule is CNC(Cc1cccc(Cl)c1F)c1cccc(C)c1Cl. The van der Waals surface area contributed by atoms with E-state index in [0.717, 1.165) is 11.1 Å². The van der Waals surface area contributed by atoms with Crippen LogP contribution >= 0.6 is 23.2 Å². The number of hydrogen-bond acceptors (Lipinski definition) is 1. The van der Waals surface area contributed by atoms with Crippen molar-refractivity contribution < 1.29 is 4.39 Å². The Morgan fingerprint density at radius 3 is 2.55 bits per heavy atom. The van der Waals surface area contributed by atoms with Crippen molar-refractivity contribution in [3.05, 3.63) is 69.0 Å². The summed E-state index contributed by atoms with van der Waals surface area (Å²) < 4.78 is 14.0. The van der Waals surface area contributed by atoms with Gasteiger partial charge >= 0.3 is 0 Å². The lowest BCUT2D eigenvalue weighted by molar-refractivity contribution is 0.554. The maximum absolute atomic E-state index is 14.0. The Kier molecular flexibility index (Phi) is 5.03. The summed E-state index contributed by atoms with van der Waals surface area (Å²) in [5, 5.41) is 4.05. The normalized spacial score (nSPS) is 12.4. The van der Waals surface area contributed by atoms with Crippen LogP contribution in [0.3, 0.4) is 0 Å². The van der Waals surface area contributed by atoms with E-state index >= 15 is 0 Å². The van der Waals surface area contributed by atoms with E-state index in [-0.39, 0.29) is 16.9 Å². The first kappa shape index (κ1) is 15.3. The van der Waals surface area contributed by atoms with Gasteiger partial charge in [0.1, 0.15) is 5.82 Å². The summed E-state index contributed by atoms with van der Waals surface area (Å²) in [5.74, 6) is -0.363. The van der Waals surface area contributed by atoms with Gasteiger partial charge in [0.25, 0.3) is 0 Å². The van der Waals surface area contributed by atoms with Crippen LogP contribution in [0.1, 0.15) is 22.7 Å². The van der Waals surface area contributed by atoms with Crippen LogP contribution in [-0.4, -0.2) is 7.05 Å². The van der Waals surface area contributed by atoms with Crippen molar-refractivity contribution in [1.29, 1.82) is 0 Å². The predicted molar refractivity (Wildman–Crippen MR) is 83.1 cm³/mol. The topological polar surface area (TPSA) is 12.0 Å². The van der Waals surface area contributed by atoms with Gasteiger partial charge in [-0.2, -0.15) is 0 Å². The van der Waals surface area contributed by atoms with E-state index in [9.17, 15) is 4.39 Å². The van der Waals surface area contributed by atoms with E-state index in [1.54, 1.807) is 18.2 Å². The molecule has 0 bridgehead atoms. The molecule has 0 saturated heterocycles. The van der Waals surface area contributed by atoms with Crippen LogP contribution in [0.5, 0.6) is 0 Å². The first-order chi connectivity index (χ1) is 9.54. The van der Waals surface area contributed by atoms with Crippen molar-refractivity contribution in [3.8, 4) is 0 Å². The van der Waals surface area contributed by atoms with E-state index < -0.39 is 0 Å². The van der Waals surface area contributed by atoms with E-state index in [2.05, 4.69) is 5.32 Å². The fourth-order valence-electron chi connectivity index (χ4n) is 2.23. The summed E-state index contributed by atoms with van der Waals surface area (Å²) in [7, 11) is 1.84. The van der Waals surface area contributed by atoms with Gasteiger partial charge in [-0.05, 0) is 43.1 Å². The molecule has 0 aromatic heterocycles. The highest BCUT2D eigenvalue weighted by Gasteiger charge is 2.17. The van der Waals surface area contributed by atoms with Gasteiger partial charge < -0.3 is 5.32 Å². The molecule has 1 atom stereocenters. The molecule has 0 spiro atoms. The molecule has 2 aromatic carbocycles. The summed E-state index contributed by atoms with van der Waals surface area (Å²) >= 11 is 12.2. The van der Waals surface area contributed by atoms with Crippen LogP contribution in [0.2, 0.25) is 10.0 Å². The number of aryl methyl sites for hydroxylation is 1. The summed E-state index contributed by atoms with van der Waals surface area (Å²) in [4.78, 5) is 0. The van der Waals surface area contributed by atoms with Crippen molar-refractivity contribution in [1.82, 2.24) is 5.32 Å². The first-order valence-corrected chi connectivity index (χ1v) is 7.15. The van der Waals surface area contributed by atoms with Crippen LogP contribution in [0, 0.1) is 12.7 Å². The largest absolute Gasteiger partial charge is 0.313 e.